The second-order valence-corrected chi connectivity index (χ2v) is 13.2. The van der Waals surface area contributed by atoms with Crippen molar-refractivity contribution >= 4 is 26.1 Å². The number of hydrogen-bond donors (Lipinski definition) is 2. The van der Waals surface area contributed by atoms with Crippen LogP contribution in [0.1, 0.15) is 33.6 Å². The quantitative estimate of drug-likeness (QED) is 0.517. The van der Waals surface area contributed by atoms with Crippen LogP contribution in [-0.4, -0.2) is 49.5 Å². The smallest absolute Gasteiger partial charge is 0.407 e. The first-order valence-corrected chi connectivity index (χ1v) is 11.4. The summed E-state index contributed by atoms with van der Waals surface area (Å²) < 4.78 is 10.3. The molecule has 1 atom stereocenters. The highest BCUT2D eigenvalue weighted by Gasteiger charge is 2.27. The van der Waals surface area contributed by atoms with Gasteiger partial charge in [0.2, 0.25) is 0 Å². The number of carboxylic acid groups (broad SMARTS) is 1. The van der Waals surface area contributed by atoms with E-state index >= 15 is 0 Å². The van der Waals surface area contributed by atoms with Gasteiger partial charge in [0.15, 0.2) is 0 Å². The molecule has 8 heteroatoms. The van der Waals surface area contributed by atoms with Gasteiger partial charge in [0.25, 0.3) is 0 Å². The number of carboxylic acids is 1. The van der Waals surface area contributed by atoms with Gasteiger partial charge in [-0.05, 0) is 33.2 Å². The van der Waals surface area contributed by atoms with Crippen LogP contribution in [0.25, 0.3) is 0 Å². The van der Waals surface area contributed by atoms with Gasteiger partial charge in [-0.15, -0.1) is 0 Å². The number of carbonyl (C=O) groups excluding carboxylic acids is 2. The Labute approximate surface area is 138 Å². The third-order valence-electron chi connectivity index (χ3n) is 2.72. The number of alkyl carbamates (subject to hydrolysis) is 1. The Hall–Kier alpha value is -1.57. The van der Waals surface area contributed by atoms with E-state index in [9.17, 15) is 14.4 Å². The highest BCUT2D eigenvalue weighted by molar-refractivity contribution is 6.76. The van der Waals surface area contributed by atoms with Crippen LogP contribution in [0, 0.1) is 0 Å². The van der Waals surface area contributed by atoms with E-state index in [4.69, 9.17) is 14.6 Å². The van der Waals surface area contributed by atoms with Crippen molar-refractivity contribution in [2.45, 2.75) is 70.9 Å². The molecule has 1 amide bonds. The monoisotopic (exact) mass is 347 g/mol. The first-order valence-electron chi connectivity index (χ1n) is 7.68. The van der Waals surface area contributed by atoms with Crippen molar-refractivity contribution in [2.75, 3.05) is 6.61 Å². The lowest BCUT2D eigenvalue weighted by atomic mass is 10.1. The Kier molecular flexibility index (Phi) is 8.29. The molecule has 0 saturated carbocycles. The zero-order valence-electron chi connectivity index (χ0n) is 14.9. The van der Waals surface area contributed by atoms with Crippen LogP contribution in [0.3, 0.4) is 0 Å². The zero-order valence-corrected chi connectivity index (χ0v) is 15.9. The number of ether oxygens (including phenoxy) is 2. The largest absolute Gasteiger partial charge is 0.481 e. The molecule has 0 aliphatic heterocycles. The molecule has 0 fully saturated rings. The lowest BCUT2D eigenvalue weighted by Gasteiger charge is -2.24. The molecule has 0 aromatic heterocycles. The maximum atomic E-state index is 12.1. The molecule has 0 aromatic rings. The fourth-order valence-electron chi connectivity index (χ4n) is 1.52. The van der Waals surface area contributed by atoms with Gasteiger partial charge in [-0.2, -0.15) is 0 Å². The topological polar surface area (TPSA) is 102 Å². The molecule has 0 radical (unpaired) electrons. The average molecular weight is 347 g/mol. The molecule has 0 heterocycles. The van der Waals surface area contributed by atoms with Crippen LogP contribution in [0.5, 0.6) is 0 Å². The number of rotatable bonds is 8. The van der Waals surface area contributed by atoms with Crippen LogP contribution < -0.4 is 5.32 Å². The predicted octanol–water partition coefficient (Wildman–Crippen LogP) is 2.63. The van der Waals surface area contributed by atoms with Gasteiger partial charge in [0.05, 0.1) is 6.61 Å². The molecule has 0 bridgehead atoms. The minimum Gasteiger partial charge on any atom is -0.481 e. The van der Waals surface area contributed by atoms with Crippen LogP contribution in [-0.2, 0) is 19.1 Å². The Balaban J connectivity index is 4.58. The first-order chi connectivity index (χ1) is 10.3. The summed E-state index contributed by atoms with van der Waals surface area (Å²) in [7, 11) is -1.32. The summed E-state index contributed by atoms with van der Waals surface area (Å²) in [5.41, 5.74) is -0.720. The molecular formula is C15H29NO6Si. The van der Waals surface area contributed by atoms with Crippen molar-refractivity contribution in [1.82, 2.24) is 5.32 Å². The number of nitrogens with one attached hydrogen (secondary N) is 1. The second kappa shape index (κ2) is 8.90. The van der Waals surface area contributed by atoms with Crippen molar-refractivity contribution in [3.8, 4) is 0 Å². The standard InChI is InChI=1S/C15H29NO6Si/c1-15(2,3)22-13(19)11(7-8-12(17)18)16-14(20)21-9-10-23(4,5)6/h11H,7-10H2,1-6H3,(H,16,20)(H,17,18). The van der Waals surface area contributed by atoms with Gasteiger partial charge in [0.1, 0.15) is 11.6 Å². The summed E-state index contributed by atoms with van der Waals surface area (Å²) in [6.45, 7) is 11.9. The van der Waals surface area contributed by atoms with Gasteiger partial charge in [-0.3, -0.25) is 4.79 Å². The molecule has 0 rings (SSSR count). The zero-order chi connectivity index (χ0) is 18.3. The van der Waals surface area contributed by atoms with E-state index in [2.05, 4.69) is 25.0 Å². The third-order valence-corrected chi connectivity index (χ3v) is 4.42. The Bertz CT molecular complexity index is 425. The molecule has 134 valence electrons. The normalized spacial score (nSPS) is 13.1. The number of amides is 1. The fraction of sp³-hybridized carbons (Fsp3) is 0.800. The van der Waals surface area contributed by atoms with Gasteiger partial charge in [0, 0.05) is 14.5 Å². The van der Waals surface area contributed by atoms with Crippen molar-refractivity contribution in [1.29, 1.82) is 0 Å². The van der Waals surface area contributed by atoms with E-state index < -0.39 is 37.7 Å². The van der Waals surface area contributed by atoms with Crippen LogP contribution in [0.15, 0.2) is 0 Å². The fourth-order valence-corrected chi connectivity index (χ4v) is 2.24. The van der Waals surface area contributed by atoms with Crippen LogP contribution >= 0.6 is 0 Å². The summed E-state index contributed by atoms with van der Waals surface area (Å²) in [4.78, 5) is 34.5. The van der Waals surface area contributed by atoms with E-state index in [0.717, 1.165) is 6.04 Å². The number of carbonyl (C=O) groups is 3. The Morgan fingerprint density at radius 3 is 2.17 bits per heavy atom. The molecule has 7 nitrogen and oxygen atoms in total. The van der Waals surface area contributed by atoms with Gasteiger partial charge in [-0.25, -0.2) is 9.59 Å². The molecule has 1 unspecified atom stereocenters. The summed E-state index contributed by atoms with van der Waals surface area (Å²) in [5, 5.41) is 11.1. The van der Waals surface area contributed by atoms with Crippen molar-refractivity contribution in [2.24, 2.45) is 0 Å². The number of esters is 1. The van der Waals surface area contributed by atoms with Crippen LogP contribution in [0.4, 0.5) is 4.79 Å². The van der Waals surface area contributed by atoms with Crippen molar-refractivity contribution < 1.29 is 29.0 Å². The third kappa shape index (κ3) is 12.6. The van der Waals surface area contributed by atoms with Crippen molar-refractivity contribution in [3.05, 3.63) is 0 Å². The first kappa shape index (κ1) is 21.4. The molecule has 23 heavy (non-hydrogen) atoms. The van der Waals surface area contributed by atoms with E-state index in [1.807, 2.05) is 0 Å². The van der Waals surface area contributed by atoms with Gasteiger partial charge in [-0.1, -0.05) is 19.6 Å². The average Bonchev–Trinajstić information content (AvgIpc) is 2.30. The maximum Gasteiger partial charge on any atom is 0.407 e. The minimum atomic E-state index is -1.32. The molecule has 0 aromatic carbocycles. The highest BCUT2D eigenvalue weighted by Crippen LogP contribution is 2.11. The maximum absolute atomic E-state index is 12.1. The van der Waals surface area contributed by atoms with E-state index in [0.29, 0.717) is 0 Å². The molecule has 0 aliphatic carbocycles. The van der Waals surface area contributed by atoms with Gasteiger partial charge >= 0.3 is 18.0 Å². The highest BCUT2D eigenvalue weighted by atomic mass is 28.3. The Morgan fingerprint density at radius 2 is 1.74 bits per heavy atom. The molecule has 0 aliphatic rings. The van der Waals surface area contributed by atoms with E-state index in [-0.39, 0.29) is 19.4 Å². The second-order valence-electron chi connectivity index (χ2n) is 7.61. The number of hydrogen-bond acceptors (Lipinski definition) is 5. The molecular weight excluding hydrogens is 318 g/mol. The minimum absolute atomic E-state index is 0.0482. The van der Waals surface area contributed by atoms with Gasteiger partial charge < -0.3 is 19.9 Å². The number of aliphatic carboxylic acids is 1. The molecule has 2 N–H and O–H groups in total. The molecule has 0 saturated heterocycles. The summed E-state index contributed by atoms with van der Waals surface area (Å²) in [6, 6.07) is -0.225. The van der Waals surface area contributed by atoms with Crippen LogP contribution in [0.2, 0.25) is 25.7 Å². The summed E-state index contributed by atoms with van der Waals surface area (Å²) in [5.74, 6) is -1.71. The SMILES string of the molecule is CC(C)(C)OC(=O)C(CCC(=O)O)NC(=O)OCC[Si](C)(C)C. The summed E-state index contributed by atoms with van der Waals surface area (Å²) in [6.07, 6.45) is -1.03. The predicted molar refractivity (Wildman–Crippen MR) is 89.1 cm³/mol. The van der Waals surface area contributed by atoms with Crippen molar-refractivity contribution in [3.63, 3.8) is 0 Å². The Morgan fingerprint density at radius 1 is 1.17 bits per heavy atom. The molecule has 0 spiro atoms. The van der Waals surface area contributed by atoms with E-state index in [1.54, 1.807) is 20.8 Å². The van der Waals surface area contributed by atoms with E-state index in [1.165, 1.54) is 0 Å². The lowest BCUT2D eigenvalue weighted by molar-refractivity contribution is -0.157. The summed E-state index contributed by atoms with van der Waals surface area (Å²) >= 11 is 0. The lowest BCUT2D eigenvalue weighted by Crippen LogP contribution is -2.44.